The zero-order chi connectivity index (χ0) is 13.4. The fourth-order valence-electron chi connectivity index (χ4n) is 2.41. The highest BCUT2D eigenvalue weighted by Gasteiger charge is 2.20. The van der Waals surface area contributed by atoms with Crippen molar-refractivity contribution in [3.63, 3.8) is 0 Å². The summed E-state index contributed by atoms with van der Waals surface area (Å²) in [4.78, 5) is 11.8. The summed E-state index contributed by atoms with van der Waals surface area (Å²) in [5.41, 5.74) is 8.88. The van der Waals surface area contributed by atoms with Gasteiger partial charge in [-0.2, -0.15) is 0 Å². The number of hydrogen-bond acceptors (Lipinski definition) is 3. The maximum atomic E-state index is 11.8. The van der Waals surface area contributed by atoms with Gasteiger partial charge < -0.3 is 15.5 Å². The molecule has 0 radical (unpaired) electrons. The van der Waals surface area contributed by atoms with Gasteiger partial charge in [0.25, 0.3) is 5.91 Å². The van der Waals surface area contributed by atoms with E-state index in [0.29, 0.717) is 12.3 Å². The third-order valence-electron chi connectivity index (χ3n) is 3.49. The van der Waals surface area contributed by atoms with Crippen molar-refractivity contribution in [2.24, 2.45) is 5.73 Å². The summed E-state index contributed by atoms with van der Waals surface area (Å²) in [6.07, 6.45) is 0.871. The van der Waals surface area contributed by atoms with Crippen LogP contribution >= 0.6 is 0 Å². The van der Waals surface area contributed by atoms with E-state index in [2.05, 4.69) is 5.32 Å². The number of hydrogen-bond donors (Lipinski definition) is 2. The molecule has 0 bridgehead atoms. The number of nitrogens with one attached hydrogen (secondary N) is 1. The molecule has 1 unspecified atom stereocenters. The summed E-state index contributed by atoms with van der Waals surface area (Å²) >= 11 is 0. The number of aryl methyl sites for hydroxylation is 1. The second-order valence-corrected chi connectivity index (χ2v) is 4.85. The smallest absolute Gasteiger partial charge is 0.251 e. The number of furan rings is 1. The molecule has 4 heteroatoms. The Morgan fingerprint density at radius 3 is 2.89 bits per heavy atom. The van der Waals surface area contributed by atoms with Gasteiger partial charge in [0, 0.05) is 12.1 Å². The first-order chi connectivity index (χ1) is 9.15. The minimum absolute atomic E-state index is 0.0223. The molecule has 1 aliphatic rings. The van der Waals surface area contributed by atoms with E-state index < -0.39 is 0 Å². The molecule has 2 heterocycles. The number of nitrogens with two attached hydrogens (primary N) is 1. The van der Waals surface area contributed by atoms with E-state index in [0.717, 1.165) is 28.9 Å². The molecule has 3 N–H and O–H groups in total. The largest absolute Gasteiger partial charge is 0.464 e. The van der Waals surface area contributed by atoms with Crippen LogP contribution in [0, 0.1) is 6.92 Å². The molecule has 0 spiro atoms. The second-order valence-electron chi connectivity index (χ2n) is 4.85. The Balaban J connectivity index is 1.97. The number of fused-ring (bicyclic) bond motifs is 1. The number of benzene rings is 1. The summed E-state index contributed by atoms with van der Waals surface area (Å²) in [7, 11) is 0. The Hall–Kier alpha value is -2.07. The van der Waals surface area contributed by atoms with Crippen LogP contribution in [-0.4, -0.2) is 12.5 Å². The third-order valence-corrected chi connectivity index (χ3v) is 3.49. The van der Waals surface area contributed by atoms with E-state index in [1.807, 2.05) is 37.3 Å². The SMILES string of the molecule is Cc1ccc(C(N)c2ccc3c(c2)C(=O)NCC3)o1. The Labute approximate surface area is 111 Å². The van der Waals surface area contributed by atoms with Gasteiger partial charge >= 0.3 is 0 Å². The average Bonchev–Trinajstić information content (AvgIpc) is 2.85. The third kappa shape index (κ3) is 2.15. The summed E-state index contributed by atoms with van der Waals surface area (Å²) in [5, 5.41) is 2.85. The number of carbonyl (C=O) groups is 1. The average molecular weight is 256 g/mol. The molecule has 1 aromatic heterocycles. The fourth-order valence-corrected chi connectivity index (χ4v) is 2.41. The molecule has 4 nitrogen and oxygen atoms in total. The lowest BCUT2D eigenvalue weighted by atomic mass is 9.95. The molecule has 1 aliphatic heterocycles. The van der Waals surface area contributed by atoms with E-state index in [9.17, 15) is 4.79 Å². The maximum Gasteiger partial charge on any atom is 0.251 e. The van der Waals surface area contributed by atoms with Gasteiger partial charge in [-0.05, 0) is 42.7 Å². The lowest BCUT2D eigenvalue weighted by Gasteiger charge is -2.18. The Morgan fingerprint density at radius 2 is 2.16 bits per heavy atom. The van der Waals surface area contributed by atoms with Crippen molar-refractivity contribution in [3.8, 4) is 0 Å². The van der Waals surface area contributed by atoms with Gasteiger partial charge in [-0.3, -0.25) is 4.79 Å². The number of carbonyl (C=O) groups excluding carboxylic acids is 1. The number of amides is 1. The zero-order valence-electron chi connectivity index (χ0n) is 10.8. The summed E-state index contributed by atoms with van der Waals surface area (Å²) < 4.78 is 5.55. The highest BCUT2D eigenvalue weighted by molar-refractivity contribution is 5.96. The molecular weight excluding hydrogens is 240 g/mol. The van der Waals surface area contributed by atoms with E-state index in [1.54, 1.807) is 0 Å². The van der Waals surface area contributed by atoms with Gasteiger partial charge in [0.05, 0.1) is 6.04 Å². The molecule has 98 valence electrons. The second kappa shape index (κ2) is 4.55. The Morgan fingerprint density at radius 1 is 1.32 bits per heavy atom. The van der Waals surface area contributed by atoms with Crippen molar-refractivity contribution in [1.82, 2.24) is 5.32 Å². The standard InChI is InChI=1S/C15H16N2O2/c1-9-2-5-13(19-9)14(16)11-4-3-10-6-7-17-15(18)12(10)8-11/h2-5,8,14H,6-7,16H2,1H3,(H,17,18). The molecule has 1 amide bonds. The molecule has 1 aromatic carbocycles. The van der Waals surface area contributed by atoms with E-state index >= 15 is 0 Å². The van der Waals surface area contributed by atoms with Crippen LogP contribution in [-0.2, 0) is 6.42 Å². The van der Waals surface area contributed by atoms with Crippen LogP contribution in [0.15, 0.2) is 34.7 Å². The highest BCUT2D eigenvalue weighted by atomic mass is 16.3. The summed E-state index contributed by atoms with van der Waals surface area (Å²) in [6.45, 7) is 2.59. The van der Waals surface area contributed by atoms with Crippen LogP contribution in [0.1, 0.15) is 39.0 Å². The predicted octanol–water partition coefficient (Wildman–Crippen LogP) is 1.92. The minimum atomic E-state index is -0.339. The quantitative estimate of drug-likeness (QED) is 0.862. The highest BCUT2D eigenvalue weighted by Crippen LogP contribution is 2.24. The number of rotatable bonds is 2. The summed E-state index contributed by atoms with van der Waals surface area (Å²) in [5.74, 6) is 1.53. The van der Waals surface area contributed by atoms with Crippen molar-refractivity contribution in [3.05, 3.63) is 58.5 Å². The van der Waals surface area contributed by atoms with Crippen LogP contribution in [0.25, 0.3) is 0 Å². The van der Waals surface area contributed by atoms with Crippen molar-refractivity contribution in [1.29, 1.82) is 0 Å². The topological polar surface area (TPSA) is 68.3 Å². The van der Waals surface area contributed by atoms with Gasteiger partial charge in [0.2, 0.25) is 0 Å². The molecule has 0 fully saturated rings. The van der Waals surface area contributed by atoms with Crippen LogP contribution < -0.4 is 11.1 Å². The normalized spacial score (nSPS) is 15.8. The molecule has 0 aliphatic carbocycles. The lowest BCUT2D eigenvalue weighted by molar-refractivity contribution is 0.0946. The molecule has 0 saturated heterocycles. The summed E-state index contributed by atoms with van der Waals surface area (Å²) in [6, 6.07) is 9.25. The maximum absolute atomic E-state index is 11.8. The van der Waals surface area contributed by atoms with Gasteiger partial charge in [-0.25, -0.2) is 0 Å². The van der Waals surface area contributed by atoms with Gasteiger partial charge in [-0.15, -0.1) is 0 Å². The monoisotopic (exact) mass is 256 g/mol. The fraction of sp³-hybridized carbons (Fsp3) is 0.267. The van der Waals surface area contributed by atoms with Gasteiger partial charge in [-0.1, -0.05) is 12.1 Å². The van der Waals surface area contributed by atoms with Crippen molar-refractivity contribution in [2.75, 3.05) is 6.54 Å². The van der Waals surface area contributed by atoms with Crippen molar-refractivity contribution >= 4 is 5.91 Å². The molecule has 3 rings (SSSR count). The van der Waals surface area contributed by atoms with E-state index in [4.69, 9.17) is 10.2 Å². The molecule has 19 heavy (non-hydrogen) atoms. The minimum Gasteiger partial charge on any atom is -0.464 e. The van der Waals surface area contributed by atoms with Gasteiger partial charge in [0.1, 0.15) is 11.5 Å². The first kappa shape index (κ1) is 12.0. The van der Waals surface area contributed by atoms with Crippen LogP contribution in [0.5, 0.6) is 0 Å². The molecule has 2 aromatic rings. The first-order valence-electron chi connectivity index (χ1n) is 6.38. The van der Waals surface area contributed by atoms with E-state index in [-0.39, 0.29) is 11.9 Å². The Kier molecular flexibility index (Phi) is 2.87. The molecule has 1 atom stereocenters. The van der Waals surface area contributed by atoms with Crippen molar-refractivity contribution in [2.45, 2.75) is 19.4 Å². The first-order valence-corrected chi connectivity index (χ1v) is 6.38. The predicted molar refractivity (Wildman–Crippen MR) is 72.0 cm³/mol. The van der Waals surface area contributed by atoms with Crippen LogP contribution in [0.4, 0.5) is 0 Å². The Bertz CT molecular complexity index is 631. The molecule has 0 saturated carbocycles. The van der Waals surface area contributed by atoms with Crippen LogP contribution in [0.3, 0.4) is 0 Å². The lowest BCUT2D eigenvalue weighted by Crippen LogP contribution is -2.32. The van der Waals surface area contributed by atoms with Gasteiger partial charge in [0.15, 0.2) is 0 Å². The van der Waals surface area contributed by atoms with E-state index in [1.165, 1.54) is 0 Å². The van der Waals surface area contributed by atoms with Crippen LogP contribution in [0.2, 0.25) is 0 Å². The zero-order valence-corrected chi connectivity index (χ0v) is 10.8. The van der Waals surface area contributed by atoms with Crippen molar-refractivity contribution < 1.29 is 9.21 Å². The molecular formula is C15H16N2O2.